The van der Waals surface area contributed by atoms with Gasteiger partial charge in [0.05, 0.1) is 0 Å². The third-order valence-electron chi connectivity index (χ3n) is 3.13. The van der Waals surface area contributed by atoms with Gasteiger partial charge in [-0.2, -0.15) is 0 Å². The molecular formula is C14H18O5. The van der Waals surface area contributed by atoms with Crippen molar-refractivity contribution in [2.75, 3.05) is 0 Å². The second-order valence-corrected chi connectivity index (χ2v) is 4.66. The van der Waals surface area contributed by atoms with E-state index in [-0.39, 0.29) is 18.2 Å². The number of carbonyl (C=O) groups is 2. The fourth-order valence-electron chi connectivity index (χ4n) is 2.30. The van der Waals surface area contributed by atoms with Crippen molar-refractivity contribution in [1.82, 2.24) is 0 Å². The number of unbranched alkanes of at least 4 members (excludes halogenated alkanes) is 1. The molecule has 5 heteroatoms. The second kappa shape index (κ2) is 6.02. The highest BCUT2D eigenvalue weighted by molar-refractivity contribution is 5.70. The first-order valence-corrected chi connectivity index (χ1v) is 6.43. The van der Waals surface area contributed by atoms with Crippen molar-refractivity contribution >= 4 is 11.9 Å². The fourth-order valence-corrected chi connectivity index (χ4v) is 2.30. The van der Waals surface area contributed by atoms with Crippen LogP contribution < -0.4 is 0 Å². The van der Waals surface area contributed by atoms with E-state index in [1.165, 1.54) is 6.92 Å². The third kappa shape index (κ3) is 3.23. The van der Waals surface area contributed by atoms with Gasteiger partial charge in [-0.05, 0) is 12.8 Å². The van der Waals surface area contributed by atoms with Crippen LogP contribution in [-0.4, -0.2) is 36.4 Å². The molecule has 0 aliphatic carbocycles. The lowest BCUT2D eigenvalue weighted by molar-refractivity contribution is -0.164. The Labute approximate surface area is 112 Å². The molecule has 1 saturated heterocycles. The van der Waals surface area contributed by atoms with Gasteiger partial charge in [0.15, 0.2) is 12.2 Å². The van der Waals surface area contributed by atoms with Crippen molar-refractivity contribution in [3.05, 3.63) is 24.8 Å². The van der Waals surface area contributed by atoms with Crippen LogP contribution >= 0.6 is 0 Å². The molecule has 0 unspecified atom stereocenters. The first-order valence-electron chi connectivity index (χ1n) is 6.43. The summed E-state index contributed by atoms with van der Waals surface area (Å²) in [7, 11) is 0. The van der Waals surface area contributed by atoms with Crippen LogP contribution in [0.1, 0.15) is 26.2 Å². The van der Waals surface area contributed by atoms with Crippen LogP contribution in [0.5, 0.6) is 0 Å². The van der Waals surface area contributed by atoms with Crippen molar-refractivity contribution in [1.29, 1.82) is 0 Å². The Morgan fingerprint density at radius 3 is 2.47 bits per heavy atom. The molecular weight excluding hydrogens is 248 g/mol. The highest BCUT2D eigenvalue weighted by Gasteiger charge is 2.50. The number of ether oxygens (including phenoxy) is 3. The highest BCUT2D eigenvalue weighted by Crippen LogP contribution is 2.33. The lowest BCUT2D eigenvalue weighted by atomic mass is 10.0. The van der Waals surface area contributed by atoms with Crippen LogP contribution in [0, 0.1) is 0 Å². The molecule has 5 nitrogen and oxygen atoms in total. The van der Waals surface area contributed by atoms with Gasteiger partial charge in [-0.25, -0.2) is 0 Å². The summed E-state index contributed by atoms with van der Waals surface area (Å²) in [6, 6.07) is 0. The van der Waals surface area contributed by atoms with Gasteiger partial charge in [0.2, 0.25) is 0 Å². The maximum atomic E-state index is 11.7. The normalized spacial score (nSPS) is 31.2. The summed E-state index contributed by atoms with van der Waals surface area (Å²) in [6.45, 7) is 4.93. The van der Waals surface area contributed by atoms with Crippen LogP contribution in [0.3, 0.4) is 0 Å². The molecule has 0 radical (unpaired) electrons. The van der Waals surface area contributed by atoms with Crippen molar-refractivity contribution in [3.63, 3.8) is 0 Å². The first kappa shape index (κ1) is 13.8. The number of esters is 2. The predicted octanol–water partition coefficient (Wildman–Crippen LogP) is 1.52. The second-order valence-electron chi connectivity index (χ2n) is 4.66. The van der Waals surface area contributed by atoms with E-state index in [9.17, 15) is 9.59 Å². The molecule has 2 heterocycles. The highest BCUT2D eigenvalue weighted by atomic mass is 16.6. The summed E-state index contributed by atoms with van der Waals surface area (Å²) in [4.78, 5) is 22.8. The van der Waals surface area contributed by atoms with Gasteiger partial charge in [0, 0.05) is 13.3 Å². The van der Waals surface area contributed by atoms with Crippen molar-refractivity contribution in [2.45, 2.75) is 50.6 Å². The van der Waals surface area contributed by atoms with E-state index in [0.717, 1.165) is 6.42 Å². The molecule has 0 spiro atoms. The molecule has 0 aromatic rings. The Bertz CT molecular complexity index is 401. The molecule has 2 bridgehead atoms. The molecule has 1 fully saturated rings. The van der Waals surface area contributed by atoms with E-state index in [1.54, 1.807) is 6.08 Å². The molecule has 0 aromatic heterocycles. The maximum Gasteiger partial charge on any atom is 0.306 e. The van der Waals surface area contributed by atoms with Crippen molar-refractivity contribution < 1.29 is 23.8 Å². The van der Waals surface area contributed by atoms with Gasteiger partial charge in [-0.3, -0.25) is 9.59 Å². The zero-order valence-electron chi connectivity index (χ0n) is 10.9. The quantitative estimate of drug-likeness (QED) is 0.414. The molecule has 19 heavy (non-hydrogen) atoms. The number of hydrogen-bond donors (Lipinski definition) is 0. The minimum Gasteiger partial charge on any atom is -0.455 e. The number of hydrogen-bond acceptors (Lipinski definition) is 5. The first-order chi connectivity index (χ1) is 9.11. The number of allylic oxidation sites excluding steroid dienone is 1. The Morgan fingerprint density at radius 1 is 1.26 bits per heavy atom. The van der Waals surface area contributed by atoms with E-state index >= 15 is 0 Å². The molecule has 2 aliphatic rings. The van der Waals surface area contributed by atoms with Gasteiger partial charge < -0.3 is 14.2 Å². The topological polar surface area (TPSA) is 61.8 Å². The Kier molecular flexibility index (Phi) is 4.37. The molecule has 0 saturated carbocycles. The zero-order valence-corrected chi connectivity index (χ0v) is 10.9. The summed E-state index contributed by atoms with van der Waals surface area (Å²) in [5.41, 5.74) is 0. The maximum absolute atomic E-state index is 11.7. The van der Waals surface area contributed by atoms with E-state index < -0.39 is 18.2 Å². The molecule has 104 valence electrons. The van der Waals surface area contributed by atoms with Gasteiger partial charge in [0.25, 0.3) is 0 Å². The third-order valence-corrected chi connectivity index (χ3v) is 3.13. The predicted molar refractivity (Wildman–Crippen MR) is 67.3 cm³/mol. The van der Waals surface area contributed by atoms with Crippen LogP contribution in [0.4, 0.5) is 0 Å². The summed E-state index contributed by atoms with van der Waals surface area (Å²) in [6.07, 6.45) is 5.57. The smallest absolute Gasteiger partial charge is 0.306 e. The minimum absolute atomic E-state index is 0.298. The molecule has 4 atom stereocenters. The fraction of sp³-hybridized carbons (Fsp3) is 0.571. The van der Waals surface area contributed by atoms with Gasteiger partial charge in [-0.1, -0.05) is 18.2 Å². The average molecular weight is 266 g/mol. The summed E-state index contributed by atoms with van der Waals surface area (Å²) in [5.74, 6) is -0.698. The molecule has 0 N–H and O–H groups in total. The van der Waals surface area contributed by atoms with E-state index in [2.05, 4.69) is 6.58 Å². The van der Waals surface area contributed by atoms with Gasteiger partial charge in [0.1, 0.15) is 12.2 Å². The molecule has 2 rings (SSSR count). The summed E-state index contributed by atoms with van der Waals surface area (Å²) in [5, 5.41) is 0. The number of carbonyl (C=O) groups excluding carboxylic acids is 2. The van der Waals surface area contributed by atoms with Crippen LogP contribution in [0.15, 0.2) is 24.8 Å². The van der Waals surface area contributed by atoms with E-state index in [4.69, 9.17) is 14.2 Å². The van der Waals surface area contributed by atoms with Crippen molar-refractivity contribution in [2.24, 2.45) is 0 Å². The van der Waals surface area contributed by atoms with E-state index in [0.29, 0.717) is 12.8 Å². The standard InChI is InChI=1S/C14H18O5/c1-3-4-5-6-12(16)19-14-11-8-7-10(18-11)13(14)17-9(2)15/h3,7-8,10-11,13-14H,1,4-6H2,2H3/t10-,11+,13+,14-/m1/s1. The van der Waals surface area contributed by atoms with E-state index in [1.807, 2.05) is 12.2 Å². The number of fused-ring (bicyclic) bond motifs is 2. The van der Waals surface area contributed by atoms with Crippen molar-refractivity contribution in [3.8, 4) is 0 Å². The summed E-state index contributed by atoms with van der Waals surface area (Å²) < 4.78 is 16.1. The molecule has 2 aliphatic heterocycles. The average Bonchev–Trinajstić information content (AvgIpc) is 2.92. The molecule has 0 aromatic carbocycles. The van der Waals surface area contributed by atoms with Crippen LogP contribution in [0.2, 0.25) is 0 Å². The van der Waals surface area contributed by atoms with Crippen LogP contribution in [-0.2, 0) is 23.8 Å². The van der Waals surface area contributed by atoms with Gasteiger partial charge in [-0.15, -0.1) is 6.58 Å². The monoisotopic (exact) mass is 266 g/mol. The Morgan fingerprint density at radius 2 is 1.89 bits per heavy atom. The Balaban J connectivity index is 1.90. The minimum atomic E-state index is -0.532. The van der Waals surface area contributed by atoms with Gasteiger partial charge >= 0.3 is 11.9 Å². The summed E-state index contributed by atoms with van der Waals surface area (Å²) >= 11 is 0. The zero-order chi connectivity index (χ0) is 13.8. The number of rotatable bonds is 6. The lowest BCUT2D eigenvalue weighted by Crippen LogP contribution is -2.41. The van der Waals surface area contributed by atoms with Crippen LogP contribution in [0.25, 0.3) is 0 Å². The largest absolute Gasteiger partial charge is 0.455 e. The SMILES string of the molecule is C=CCCCC(=O)O[C@H]1[C@@H](OC(C)=O)[C@H]2C=C[C@@H]1O2. The molecule has 0 amide bonds. The lowest BCUT2D eigenvalue weighted by Gasteiger charge is -2.24. The Hall–Kier alpha value is -1.62.